The lowest BCUT2D eigenvalue weighted by Gasteiger charge is -2.38. The number of piperidine rings is 1. The molecule has 1 heterocycles. The lowest BCUT2D eigenvalue weighted by Crippen LogP contribution is -2.46. The topological polar surface area (TPSA) is 57.6 Å². The Bertz CT molecular complexity index is 360. The third-order valence-electron chi connectivity index (χ3n) is 3.84. The van der Waals surface area contributed by atoms with E-state index < -0.39 is 5.97 Å². The van der Waals surface area contributed by atoms with Gasteiger partial charge in [0.1, 0.15) is 0 Å². The highest BCUT2D eigenvalue weighted by Gasteiger charge is 2.29. The summed E-state index contributed by atoms with van der Waals surface area (Å²) >= 11 is 0. The van der Waals surface area contributed by atoms with Gasteiger partial charge in [0.2, 0.25) is 5.91 Å². The molecule has 17 heavy (non-hydrogen) atoms. The van der Waals surface area contributed by atoms with Crippen LogP contribution in [0.2, 0.25) is 0 Å². The number of nitrogens with zero attached hydrogens (tertiary/aromatic N) is 1. The minimum Gasteiger partial charge on any atom is -0.478 e. The standard InChI is InChI=1S/C13H21NO3/c1-8-6-5-7-14(11(8)4)12(15)9(2)10(3)13(16)17/h8,11H,5-7H2,1-4H3,(H,16,17). The number of amides is 1. The zero-order chi connectivity index (χ0) is 13.2. The minimum atomic E-state index is -1.02. The van der Waals surface area contributed by atoms with E-state index in [1.165, 1.54) is 6.92 Å². The molecule has 2 atom stereocenters. The molecule has 1 aliphatic rings. The summed E-state index contributed by atoms with van der Waals surface area (Å²) in [5.41, 5.74) is 0.485. The fourth-order valence-corrected chi connectivity index (χ4v) is 2.16. The van der Waals surface area contributed by atoms with Gasteiger partial charge in [-0.15, -0.1) is 0 Å². The zero-order valence-corrected chi connectivity index (χ0v) is 11.0. The van der Waals surface area contributed by atoms with E-state index in [2.05, 4.69) is 6.92 Å². The Labute approximate surface area is 102 Å². The molecule has 1 amide bonds. The van der Waals surface area contributed by atoms with Crippen LogP contribution in [-0.2, 0) is 9.59 Å². The first-order valence-corrected chi connectivity index (χ1v) is 6.08. The van der Waals surface area contributed by atoms with E-state index in [1.807, 2.05) is 6.92 Å². The van der Waals surface area contributed by atoms with Gasteiger partial charge in [-0.05, 0) is 39.5 Å². The molecular formula is C13H21NO3. The highest BCUT2D eigenvalue weighted by atomic mass is 16.4. The molecule has 1 N–H and O–H groups in total. The van der Waals surface area contributed by atoms with Crippen LogP contribution in [0.1, 0.15) is 40.5 Å². The Balaban J connectivity index is 2.90. The van der Waals surface area contributed by atoms with E-state index >= 15 is 0 Å². The van der Waals surface area contributed by atoms with Gasteiger partial charge in [-0.1, -0.05) is 6.92 Å². The predicted octanol–water partition coefficient (Wildman–Crippen LogP) is 2.05. The fraction of sp³-hybridized carbons (Fsp3) is 0.692. The van der Waals surface area contributed by atoms with Crippen LogP contribution in [0.5, 0.6) is 0 Å². The van der Waals surface area contributed by atoms with E-state index in [1.54, 1.807) is 11.8 Å². The number of carboxylic acid groups (broad SMARTS) is 1. The summed E-state index contributed by atoms with van der Waals surface area (Å²) in [4.78, 5) is 24.9. The lowest BCUT2D eigenvalue weighted by molar-refractivity contribution is -0.135. The smallest absolute Gasteiger partial charge is 0.331 e. The van der Waals surface area contributed by atoms with E-state index in [0.29, 0.717) is 11.5 Å². The Kier molecular flexibility index (Phi) is 4.32. The van der Waals surface area contributed by atoms with Crippen molar-refractivity contribution >= 4 is 11.9 Å². The second-order valence-electron chi connectivity index (χ2n) is 4.91. The highest BCUT2D eigenvalue weighted by molar-refractivity contribution is 6.01. The molecule has 1 fully saturated rings. The van der Waals surface area contributed by atoms with Gasteiger partial charge in [-0.2, -0.15) is 0 Å². The molecule has 0 aromatic heterocycles. The molecule has 2 unspecified atom stereocenters. The average molecular weight is 239 g/mol. The number of hydrogen-bond donors (Lipinski definition) is 1. The summed E-state index contributed by atoms with van der Waals surface area (Å²) in [5, 5.41) is 8.89. The maximum Gasteiger partial charge on any atom is 0.331 e. The third-order valence-corrected chi connectivity index (χ3v) is 3.84. The number of carbonyl (C=O) groups excluding carboxylic acids is 1. The molecular weight excluding hydrogens is 218 g/mol. The molecule has 1 rings (SSSR count). The lowest BCUT2D eigenvalue weighted by atomic mass is 9.91. The van der Waals surface area contributed by atoms with Crippen LogP contribution < -0.4 is 0 Å². The van der Waals surface area contributed by atoms with Crippen LogP contribution in [0.25, 0.3) is 0 Å². The van der Waals surface area contributed by atoms with Gasteiger partial charge in [0.05, 0.1) is 0 Å². The number of carbonyl (C=O) groups is 2. The Hall–Kier alpha value is -1.32. The van der Waals surface area contributed by atoms with Crippen LogP contribution >= 0.6 is 0 Å². The summed E-state index contributed by atoms with van der Waals surface area (Å²) in [6, 6.07) is 0.188. The minimum absolute atomic E-state index is 0.135. The molecule has 0 aromatic rings. The van der Waals surface area contributed by atoms with Crippen LogP contribution in [0.3, 0.4) is 0 Å². The van der Waals surface area contributed by atoms with Gasteiger partial charge in [0.15, 0.2) is 0 Å². The normalized spacial score (nSPS) is 26.5. The molecule has 4 nitrogen and oxygen atoms in total. The van der Waals surface area contributed by atoms with Crippen molar-refractivity contribution in [3.63, 3.8) is 0 Å². The molecule has 0 spiro atoms. The maximum absolute atomic E-state index is 12.2. The van der Waals surface area contributed by atoms with Crippen molar-refractivity contribution in [2.24, 2.45) is 5.92 Å². The molecule has 1 aliphatic heterocycles. The molecule has 0 saturated carbocycles. The van der Waals surface area contributed by atoms with Crippen LogP contribution in [0.15, 0.2) is 11.1 Å². The van der Waals surface area contributed by atoms with Crippen molar-refractivity contribution < 1.29 is 14.7 Å². The number of carboxylic acids is 1. The van der Waals surface area contributed by atoms with Gasteiger partial charge >= 0.3 is 5.97 Å². The van der Waals surface area contributed by atoms with Gasteiger partial charge < -0.3 is 10.0 Å². The second kappa shape index (κ2) is 5.34. The second-order valence-corrected chi connectivity index (χ2v) is 4.91. The van der Waals surface area contributed by atoms with Crippen LogP contribution in [0, 0.1) is 5.92 Å². The first-order chi connectivity index (χ1) is 7.86. The van der Waals surface area contributed by atoms with Gasteiger partial charge in [0.25, 0.3) is 0 Å². The Morgan fingerprint density at radius 1 is 1.18 bits per heavy atom. The monoisotopic (exact) mass is 239 g/mol. The molecule has 0 aromatic carbocycles. The summed E-state index contributed by atoms with van der Waals surface area (Å²) in [6.07, 6.45) is 2.13. The van der Waals surface area contributed by atoms with Crippen molar-refractivity contribution in [2.75, 3.05) is 6.54 Å². The number of hydrogen-bond acceptors (Lipinski definition) is 2. The van der Waals surface area contributed by atoms with Crippen molar-refractivity contribution in [3.05, 3.63) is 11.1 Å². The van der Waals surface area contributed by atoms with Gasteiger partial charge in [-0.3, -0.25) is 4.79 Å². The van der Waals surface area contributed by atoms with E-state index in [4.69, 9.17) is 5.11 Å². The summed E-state index contributed by atoms with van der Waals surface area (Å²) in [7, 11) is 0. The van der Waals surface area contributed by atoms with Crippen molar-refractivity contribution in [1.29, 1.82) is 0 Å². The average Bonchev–Trinajstić information content (AvgIpc) is 2.29. The van der Waals surface area contributed by atoms with Crippen molar-refractivity contribution in [1.82, 2.24) is 4.90 Å². The van der Waals surface area contributed by atoms with Crippen LogP contribution in [-0.4, -0.2) is 34.5 Å². The first kappa shape index (κ1) is 13.7. The SMILES string of the molecule is CC(C(=O)O)=C(C)C(=O)N1CCCC(C)C1C. The largest absolute Gasteiger partial charge is 0.478 e. The van der Waals surface area contributed by atoms with Crippen LogP contribution in [0.4, 0.5) is 0 Å². The molecule has 0 radical (unpaired) electrons. The highest BCUT2D eigenvalue weighted by Crippen LogP contribution is 2.24. The third kappa shape index (κ3) is 2.87. The molecule has 0 aliphatic carbocycles. The van der Waals surface area contributed by atoms with E-state index in [9.17, 15) is 9.59 Å². The molecule has 4 heteroatoms. The fourth-order valence-electron chi connectivity index (χ4n) is 2.16. The van der Waals surface area contributed by atoms with E-state index in [0.717, 1.165) is 19.4 Å². The van der Waals surface area contributed by atoms with Crippen molar-refractivity contribution in [2.45, 2.75) is 46.6 Å². The zero-order valence-electron chi connectivity index (χ0n) is 11.0. The summed E-state index contributed by atoms with van der Waals surface area (Å²) in [6.45, 7) is 7.97. The Morgan fingerprint density at radius 2 is 1.76 bits per heavy atom. The van der Waals surface area contributed by atoms with Crippen molar-refractivity contribution in [3.8, 4) is 0 Å². The molecule has 0 bridgehead atoms. The molecule has 96 valence electrons. The molecule has 1 saturated heterocycles. The maximum atomic E-state index is 12.2. The number of likely N-dealkylation sites (tertiary alicyclic amines) is 1. The number of rotatable bonds is 2. The van der Waals surface area contributed by atoms with Gasteiger partial charge in [-0.25, -0.2) is 4.79 Å². The summed E-state index contributed by atoms with van der Waals surface area (Å²) < 4.78 is 0. The predicted molar refractivity (Wildman–Crippen MR) is 65.6 cm³/mol. The van der Waals surface area contributed by atoms with Gasteiger partial charge in [0, 0.05) is 23.7 Å². The quantitative estimate of drug-likeness (QED) is 0.750. The first-order valence-electron chi connectivity index (χ1n) is 6.08. The number of aliphatic carboxylic acids is 1. The summed E-state index contributed by atoms with van der Waals surface area (Å²) in [5.74, 6) is -0.678. The van der Waals surface area contributed by atoms with E-state index in [-0.39, 0.29) is 17.5 Å². The Morgan fingerprint density at radius 3 is 2.29 bits per heavy atom.